The Labute approximate surface area is 164 Å². The molecule has 2 aromatic rings. The van der Waals surface area contributed by atoms with Crippen LogP contribution in [-0.4, -0.2) is 38.7 Å². The molecule has 2 fully saturated rings. The smallest absolute Gasteiger partial charge is 0.288 e. The van der Waals surface area contributed by atoms with Crippen LogP contribution in [-0.2, 0) is 6.54 Å². The summed E-state index contributed by atoms with van der Waals surface area (Å²) in [6, 6.07) is 4.18. The molecule has 2 aliphatic carbocycles. The monoisotopic (exact) mass is 404 g/mol. The van der Waals surface area contributed by atoms with Crippen molar-refractivity contribution in [2.45, 2.75) is 44.3 Å². The summed E-state index contributed by atoms with van der Waals surface area (Å²) >= 11 is 5.82. The lowest BCUT2D eigenvalue weighted by Crippen LogP contribution is -2.33. The van der Waals surface area contributed by atoms with E-state index in [1.807, 2.05) is 0 Å². The van der Waals surface area contributed by atoms with Gasteiger partial charge >= 0.3 is 0 Å². The minimum Gasteiger partial charge on any atom is -0.446 e. The van der Waals surface area contributed by atoms with Gasteiger partial charge in [-0.05, 0) is 37.8 Å². The molecule has 1 aromatic heterocycles. The van der Waals surface area contributed by atoms with Gasteiger partial charge in [0.1, 0.15) is 11.3 Å². The highest BCUT2D eigenvalue weighted by Gasteiger charge is 2.35. The van der Waals surface area contributed by atoms with Gasteiger partial charge in [0.25, 0.3) is 17.5 Å². The molecule has 28 heavy (non-hydrogen) atoms. The Bertz CT molecular complexity index is 951. The fourth-order valence-electron chi connectivity index (χ4n) is 2.82. The maximum atomic E-state index is 12.9. The molecule has 0 spiro atoms. The molecule has 0 radical (unpaired) electrons. The van der Waals surface area contributed by atoms with Crippen LogP contribution in [0.5, 0.6) is 0 Å². The minimum absolute atomic E-state index is 0.0119. The number of nitrogens with one attached hydrogen (secondary N) is 1. The van der Waals surface area contributed by atoms with E-state index in [2.05, 4.69) is 10.3 Å². The third-order valence-electron chi connectivity index (χ3n) is 4.64. The maximum Gasteiger partial charge on any atom is 0.288 e. The second-order valence-electron chi connectivity index (χ2n) is 6.96. The van der Waals surface area contributed by atoms with Gasteiger partial charge in [-0.2, -0.15) is 0 Å². The predicted octanol–water partition coefficient (Wildman–Crippen LogP) is 2.93. The Kier molecular flexibility index (Phi) is 4.76. The molecule has 0 atom stereocenters. The van der Waals surface area contributed by atoms with E-state index >= 15 is 0 Å². The summed E-state index contributed by atoms with van der Waals surface area (Å²) in [5, 5.41) is 13.9. The molecule has 146 valence electrons. The van der Waals surface area contributed by atoms with E-state index in [1.54, 1.807) is 4.90 Å². The van der Waals surface area contributed by atoms with Crippen LogP contribution >= 0.6 is 11.6 Å². The lowest BCUT2D eigenvalue weighted by atomic mass is 10.1. The topological polar surface area (TPSA) is 119 Å². The molecule has 0 aliphatic heterocycles. The van der Waals surface area contributed by atoms with Crippen LogP contribution in [0.1, 0.15) is 52.4 Å². The maximum absolute atomic E-state index is 12.9. The van der Waals surface area contributed by atoms with Crippen molar-refractivity contribution in [3.8, 4) is 0 Å². The zero-order valence-corrected chi connectivity index (χ0v) is 15.5. The van der Waals surface area contributed by atoms with Gasteiger partial charge in [0.15, 0.2) is 5.69 Å². The van der Waals surface area contributed by atoms with Crippen LogP contribution < -0.4 is 5.32 Å². The molecule has 9 nitrogen and oxygen atoms in total. The van der Waals surface area contributed by atoms with Gasteiger partial charge in [-0.3, -0.25) is 19.7 Å². The Morgan fingerprint density at radius 2 is 2.07 bits per heavy atom. The Morgan fingerprint density at radius 3 is 2.71 bits per heavy atom. The zero-order chi connectivity index (χ0) is 19.8. The highest BCUT2D eigenvalue weighted by atomic mass is 35.5. The molecule has 1 aromatic carbocycles. The summed E-state index contributed by atoms with van der Waals surface area (Å²) < 4.78 is 5.37. The van der Waals surface area contributed by atoms with Crippen LogP contribution in [0.25, 0.3) is 0 Å². The number of hydrogen-bond donors (Lipinski definition) is 1. The normalized spacial score (nSPS) is 15.9. The van der Waals surface area contributed by atoms with Crippen molar-refractivity contribution in [3.05, 3.63) is 56.7 Å². The third-order valence-corrected chi connectivity index (χ3v) is 4.96. The summed E-state index contributed by atoms with van der Waals surface area (Å²) in [6.45, 7) is 0.0800. The van der Waals surface area contributed by atoms with E-state index in [0.717, 1.165) is 25.7 Å². The molecule has 1 heterocycles. The van der Waals surface area contributed by atoms with Crippen molar-refractivity contribution >= 4 is 29.1 Å². The summed E-state index contributed by atoms with van der Waals surface area (Å²) in [4.78, 5) is 41.2. The molecular formula is C18H17ClN4O5. The molecule has 10 heteroatoms. The average Bonchev–Trinajstić information content (AvgIpc) is 3.60. The lowest BCUT2D eigenvalue weighted by molar-refractivity contribution is -0.384. The number of nitrogens with zero attached hydrogens (tertiary/aromatic N) is 3. The number of carbonyl (C=O) groups is 2. The van der Waals surface area contributed by atoms with E-state index in [1.165, 1.54) is 24.5 Å². The summed E-state index contributed by atoms with van der Waals surface area (Å²) in [5.41, 5.74) is 0.0203. The van der Waals surface area contributed by atoms with Crippen LogP contribution in [0, 0.1) is 10.1 Å². The first-order chi connectivity index (χ1) is 13.4. The number of rotatable bonds is 7. The number of oxazole rings is 1. The molecule has 2 amide bonds. The van der Waals surface area contributed by atoms with E-state index in [9.17, 15) is 19.7 Å². The van der Waals surface area contributed by atoms with Gasteiger partial charge in [-0.15, -0.1) is 0 Å². The van der Waals surface area contributed by atoms with Crippen molar-refractivity contribution in [1.29, 1.82) is 0 Å². The summed E-state index contributed by atoms with van der Waals surface area (Å²) in [5.74, 6) is -0.427. The van der Waals surface area contributed by atoms with Crippen molar-refractivity contribution in [2.75, 3.05) is 0 Å². The first kappa shape index (κ1) is 18.4. The highest BCUT2D eigenvalue weighted by Crippen LogP contribution is 2.32. The van der Waals surface area contributed by atoms with Crippen molar-refractivity contribution < 1.29 is 18.9 Å². The minimum atomic E-state index is -0.626. The summed E-state index contributed by atoms with van der Waals surface area (Å²) in [6.07, 6.45) is 4.87. The van der Waals surface area contributed by atoms with Gasteiger partial charge in [-0.1, -0.05) is 11.6 Å². The van der Waals surface area contributed by atoms with Gasteiger partial charge in [0, 0.05) is 23.7 Å². The molecule has 4 rings (SSSR count). The number of halogens is 1. The third kappa shape index (κ3) is 3.99. The molecule has 0 bridgehead atoms. The van der Waals surface area contributed by atoms with Crippen molar-refractivity contribution in [3.63, 3.8) is 0 Å². The first-order valence-corrected chi connectivity index (χ1v) is 9.30. The SMILES string of the molecule is O=C(NC1CC1)c1coc(CN(C(=O)c2ccc(Cl)c([N+](=O)[O-])c2)C2CC2)n1. The van der Waals surface area contributed by atoms with E-state index in [0.29, 0.717) is 0 Å². The number of nitro groups is 1. The Morgan fingerprint density at radius 1 is 1.32 bits per heavy atom. The van der Waals surface area contributed by atoms with Gasteiger partial charge in [-0.25, -0.2) is 4.98 Å². The van der Waals surface area contributed by atoms with Gasteiger partial charge in [0.2, 0.25) is 5.89 Å². The molecule has 2 aliphatic rings. The number of aromatic nitrogens is 1. The molecule has 2 saturated carbocycles. The second kappa shape index (κ2) is 7.23. The molecule has 0 unspecified atom stereocenters. The number of carbonyl (C=O) groups excluding carboxylic acids is 2. The average molecular weight is 405 g/mol. The zero-order valence-electron chi connectivity index (χ0n) is 14.8. The second-order valence-corrected chi connectivity index (χ2v) is 7.37. The molecular weight excluding hydrogens is 388 g/mol. The quantitative estimate of drug-likeness (QED) is 0.559. The van der Waals surface area contributed by atoms with E-state index in [4.69, 9.17) is 16.0 Å². The lowest BCUT2D eigenvalue weighted by Gasteiger charge is -2.20. The van der Waals surface area contributed by atoms with Crippen LogP contribution in [0.15, 0.2) is 28.9 Å². The van der Waals surface area contributed by atoms with Crippen molar-refractivity contribution in [2.24, 2.45) is 0 Å². The standard InChI is InChI=1S/C18H17ClN4O5/c19-13-6-1-10(7-15(13)23(26)27)18(25)22(12-4-5-12)8-16-21-14(9-28-16)17(24)20-11-2-3-11/h1,6-7,9,11-12H,2-5,8H2,(H,20,24). The number of hydrogen-bond acceptors (Lipinski definition) is 6. The largest absolute Gasteiger partial charge is 0.446 e. The molecule has 0 saturated heterocycles. The van der Waals surface area contributed by atoms with Crippen molar-refractivity contribution in [1.82, 2.24) is 15.2 Å². The van der Waals surface area contributed by atoms with Gasteiger partial charge in [0.05, 0.1) is 11.5 Å². The van der Waals surface area contributed by atoms with E-state index in [-0.39, 0.29) is 58.3 Å². The van der Waals surface area contributed by atoms with Crippen LogP contribution in [0.2, 0.25) is 5.02 Å². The number of amides is 2. The van der Waals surface area contributed by atoms with Crippen LogP contribution in [0.4, 0.5) is 5.69 Å². The molecule has 1 N–H and O–H groups in total. The number of nitro benzene ring substituents is 1. The first-order valence-electron chi connectivity index (χ1n) is 8.92. The number of benzene rings is 1. The predicted molar refractivity (Wildman–Crippen MR) is 98.0 cm³/mol. The Balaban J connectivity index is 1.51. The van der Waals surface area contributed by atoms with Gasteiger partial charge < -0.3 is 14.6 Å². The fraction of sp³-hybridized carbons (Fsp3) is 0.389. The highest BCUT2D eigenvalue weighted by molar-refractivity contribution is 6.32. The van der Waals surface area contributed by atoms with E-state index < -0.39 is 4.92 Å². The fourth-order valence-corrected chi connectivity index (χ4v) is 3.01. The Hall–Kier alpha value is -2.94. The summed E-state index contributed by atoms with van der Waals surface area (Å²) in [7, 11) is 0. The van der Waals surface area contributed by atoms with Crippen LogP contribution in [0.3, 0.4) is 0 Å².